The molecular weight excluding hydrogens is 224 g/mol. The van der Waals surface area contributed by atoms with Crippen molar-refractivity contribution in [2.45, 2.75) is 24.2 Å². The predicted molar refractivity (Wildman–Crippen MR) is 62.0 cm³/mol. The summed E-state index contributed by atoms with van der Waals surface area (Å²) in [5, 5.41) is 3.13. The quantitative estimate of drug-likeness (QED) is 0.811. The van der Waals surface area contributed by atoms with E-state index in [0.717, 1.165) is 19.3 Å². The van der Waals surface area contributed by atoms with Crippen LogP contribution in [0.15, 0.2) is 33.6 Å². The number of anilines is 1. The zero-order chi connectivity index (χ0) is 11.2. The highest BCUT2D eigenvalue weighted by Crippen LogP contribution is 2.34. The Kier molecular flexibility index (Phi) is 2.04. The molecule has 0 atom stereocenters. The summed E-state index contributed by atoms with van der Waals surface area (Å²) in [7, 11) is -3.49. The van der Waals surface area contributed by atoms with Crippen LogP contribution < -0.4 is 5.32 Å². The SMILES string of the molecule is O=S1(=O)N=C(C2CCC2)Nc2ccccc21. The van der Waals surface area contributed by atoms with E-state index in [-0.39, 0.29) is 4.90 Å². The van der Waals surface area contributed by atoms with Gasteiger partial charge < -0.3 is 5.32 Å². The van der Waals surface area contributed by atoms with Gasteiger partial charge >= 0.3 is 0 Å². The van der Waals surface area contributed by atoms with Gasteiger partial charge in [0.15, 0.2) is 0 Å². The number of sulfonamides is 1. The molecule has 1 aromatic rings. The predicted octanol–water partition coefficient (Wildman–Crippen LogP) is 2.00. The normalized spacial score (nSPS) is 22.6. The lowest BCUT2D eigenvalue weighted by molar-refractivity contribution is 0.413. The highest BCUT2D eigenvalue weighted by Gasteiger charge is 2.31. The van der Waals surface area contributed by atoms with E-state index in [1.54, 1.807) is 18.2 Å². The van der Waals surface area contributed by atoms with Crippen molar-refractivity contribution >= 4 is 21.5 Å². The molecule has 0 radical (unpaired) electrons. The van der Waals surface area contributed by atoms with Crippen LogP contribution >= 0.6 is 0 Å². The summed E-state index contributed by atoms with van der Waals surface area (Å²) >= 11 is 0. The first kappa shape index (κ1) is 9.84. The molecule has 1 saturated carbocycles. The Morgan fingerprint density at radius 2 is 2.00 bits per heavy atom. The van der Waals surface area contributed by atoms with Gasteiger partial charge in [0.25, 0.3) is 10.0 Å². The Balaban J connectivity index is 2.08. The van der Waals surface area contributed by atoms with Crippen LogP contribution in [0.1, 0.15) is 19.3 Å². The van der Waals surface area contributed by atoms with E-state index < -0.39 is 10.0 Å². The van der Waals surface area contributed by atoms with Gasteiger partial charge in [-0.25, -0.2) is 0 Å². The van der Waals surface area contributed by atoms with Crippen molar-refractivity contribution < 1.29 is 8.42 Å². The Labute approximate surface area is 94.5 Å². The van der Waals surface area contributed by atoms with Gasteiger partial charge in [0.1, 0.15) is 10.7 Å². The molecule has 1 aliphatic carbocycles. The van der Waals surface area contributed by atoms with Gasteiger partial charge in [-0.2, -0.15) is 8.42 Å². The summed E-state index contributed by atoms with van der Waals surface area (Å²) in [5.74, 6) is 0.910. The number of fused-ring (bicyclic) bond motifs is 1. The number of hydrogen-bond donors (Lipinski definition) is 1. The van der Waals surface area contributed by atoms with Crippen molar-refractivity contribution in [1.82, 2.24) is 0 Å². The van der Waals surface area contributed by atoms with E-state index in [9.17, 15) is 8.42 Å². The summed E-state index contributed by atoms with van der Waals surface area (Å²) < 4.78 is 27.7. The van der Waals surface area contributed by atoms with E-state index >= 15 is 0 Å². The van der Waals surface area contributed by atoms with Crippen molar-refractivity contribution in [2.75, 3.05) is 5.32 Å². The van der Waals surface area contributed by atoms with Crippen molar-refractivity contribution in [2.24, 2.45) is 10.3 Å². The molecule has 1 aliphatic heterocycles. The van der Waals surface area contributed by atoms with Crippen LogP contribution in [0, 0.1) is 5.92 Å². The van der Waals surface area contributed by atoms with Crippen LogP contribution in [0.3, 0.4) is 0 Å². The molecule has 1 aromatic carbocycles. The first-order valence-electron chi connectivity index (χ1n) is 5.38. The molecule has 0 aromatic heterocycles. The Hall–Kier alpha value is -1.36. The number of para-hydroxylation sites is 1. The summed E-state index contributed by atoms with van der Waals surface area (Å²) in [5.41, 5.74) is 0.652. The molecule has 5 heteroatoms. The van der Waals surface area contributed by atoms with E-state index in [1.165, 1.54) is 0 Å². The molecule has 3 rings (SSSR count). The Bertz CT molecular complexity index is 559. The minimum absolute atomic E-state index is 0.276. The average molecular weight is 236 g/mol. The number of benzene rings is 1. The van der Waals surface area contributed by atoms with Gasteiger partial charge in [0.2, 0.25) is 0 Å². The van der Waals surface area contributed by atoms with E-state index in [0.29, 0.717) is 17.4 Å². The molecule has 1 N–H and O–H groups in total. The Morgan fingerprint density at radius 1 is 1.25 bits per heavy atom. The van der Waals surface area contributed by atoms with Crippen molar-refractivity contribution in [3.63, 3.8) is 0 Å². The zero-order valence-corrected chi connectivity index (χ0v) is 9.50. The van der Waals surface area contributed by atoms with Crippen LogP contribution in [-0.2, 0) is 10.0 Å². The molecule has 16 heavy (non-hydrogen) atoms. The number of rotatable bonds is 1. The molecule has 0 saturated heterocycles. The first-order valence-corrected chi connectivity index (χ1v) is 6.82. The third kappa shape index (κ3) is 1.43. The van der Waals surface area contributed by atoms with Crippen molar-refractivity contribution in [1.29, 1.82) is 0 Å². The minimum Gasteiger partial charge on any atom is -0.342 e. The largest absolute Gasteiger partial charge is 0.342 e. The van der Waals surface area contributed by atoms with Gasteiger partial charge in [-0.15, -0.1) is 4.40 Å². The Morgan fingerprint density at radius 3 is 2.69 bits per heavy atom. The smallest absolute Gasteiger partial charge is 0.286 e. The van der Waals surface area contributed by atoms with E-state index in [2.05, 4.69) is 9.71 Å². The first-order chi connectivity index (χ1) is 7.67. The maximum atomic E-state index is 11.9. The van der Waals surface area contributed by atoms with Gasteiger partial charge in [-0.05, 0) is 25.0 Å². The molecule has 0 bridgehead atoms. The standard InChI is InChI=1S/C11H12N2O2S/c14-16(15)10-7-2-1-6-9(10)12-11(13-16)8-4-3-5-8/h1-2,6-8H,3-5H2,(H,12,13). The van der Waals surface area contributed by atoms with Crippen LogP contribution in [0.4, 0.5) is 5.69 Å². The molecule has 0 spiro atoms. The topological polar surface area (TPSA) is 58.5 Å². The average Bonchev–Trinajstić information content (AvgIpc) is 2.14. The molecule has 84 valence electrons. The van der Waals surface area contributed by atoms with Gasteiger partial charge in [0, 0.05) is 5.92 Å². The van der Waals surface area contributed by atoms with Gasteiger partial charge in [-0.3, -0.25) is 0 Å². The fourth-order valence-electron chi connectivity index (χ4n) is 1.99. The van der Waals surface area contributed by atoms with Crippen LogP contribution in [0.25, 0.3) is 0 Å². The van der Waals surface area contributed by atoms with Crippen molar-refractivity contribution in [3.05, 3.63) is 24.3 Å². The summed E-state index contributed by atoms with van der Waals surface area (Å²) in [6.45, 7) is 0. The van der Waals surface area contributed by atoms with Crippen LogP contribution in [0.2, 0.25) is 0 Å². The minimum atomic E-state index is -3.49. The van der Waals surface area contributed by atoms with Crippen LogP contribution in [0.5, 0.6) is 0 Å². The fraction of sp³-hybridized carbons (Fsp3) is 0.364. The molecule has 0 amide bonds. The summed E-state index contributed by atoms with van der Waals surface area (Å²) in [6, 6.07) is 6.89. The highest BCUT2D eigenvalue weighted by atomic mass is 32.2. The third-order valence-corrected chi connectivity index (χ3v) is 4.49. The van der Waals surface area contributed by atoms with Crippen molar-refractivity contribution in [3.8, 4) is 0 Å². The maximum Gasteiger partial charge on any atom is 0.286 e. The number of hydrogen-bond acceptors (Lipinski definition) is 3. The lowest BCUT2D eigenvalue weighted by Gasteiger charge is -2.29. The number of nitrogens with zero attached hydrogens (tertiary/aromatic N) is 1. The number of amidine groups is 1. The number of nitrogens with one attached hydrogen (secondary N) is 1. The summed E-state index contributed by atoms with van der Waals surface area (Å²) in [4.78, 5) is 0.276. The molecule has 0 unspecified atom stereocenters. The molecule has 1 heterocycles. The zero-order valence-electron chi connectivity index (χ0n) is 8.68. The lowest BCUT2D eigenvalue weighted by Crippen LogP contribution is -2.32. The highest BCUT2D eigenvalue weighted by molar-refractivity contribution is 7.90. The second-order valence-electron chi connectivity index (χ2n) is 4.20. The molecule has 2 aliphatic rings. The second-order valence-corrected chi connectivity index (χ2v) is 5.77. The maximum absolute atomic E-state index is 11.9. The third-order valence-electron chi connectivity index (χ3n) is 3.14. The molecular formula is C11H12N2O2S. The summed E-state index contributed by atoms with van der Waals surface area (Å²) in [6.07, 6.45) is 3.22. The van der Waals surface area contributed by atoms with Gasteiger partial charge in [0.05, 0.1) is 5.69 Å². The molecule has 4 nitrogen and oxygen atoms in total. The second kappa shape index (κ2) is 3.31. The fourth-order valence-corrected chi connectivity index (χ4v) is 3.19. The van der Waals surface area contributed by atoms with Gasteiger partial charge in [-0.1, -0.05) is 18.6 Å². The van der Waals surface area contributed by atoms with Crippen LogP contribution in [-0.4, -0.2) is 14.3 Å². The van der Waals surface area contributed by atoms with E-state index in [4.69, 9.17) is 0 Å². The van der Waals surface area contributed by atoms with E-state index in [1.807, 2.05) is 6.07 Å². The molecule has 1 fully saturated rings. The lowest BCUT2D eigenvalue weighted by atomic mass is 9.84. The monoisotopic (exact) mass is 236 g/mol.